The van der Waals surface area contributed by atoms with Crippen LogP contribution in [-0.4, -0.2) is 43.8 Å². The summed E-state index contributed by atoms with van der Waals surface area (Å²) < 4.78 is 19.2. The molecule has 4 aromatic rings. The zero-order chi connectivity index (χ0) is 32.4. The summed E-state index contributed by atoms with van der Waals surface area (Å²) in [5, 5.41) is 10.2. The summed E-state index contributed by atoms with van der Waals surface area (Å²) in [5.74, 6) is 0.818. The van der Waals surface area contributed by atoms with Gasteiger partial charge in [0.25, 0.3) is 0 Å². The Hall–Kier alpha value is -4.99. The predicted octanol–water partition coefficient (Wildman–Crippen LogP) is 5.43. The van der Waals surface area contributed by atoms with Crippen LogP contribution in [0.5, 0.6) is 17.2 Å². The third kappa shape index (κ3) is 6.05. The summed E-state index contributed by atoms with van der Waals surface area (Å²) in [5.41, 5.74) is 4.70. The number of aryl methyl sites for hydroxylation is 2. The molecular weight excluding hydrogens is 572 g/mol. The fourth-order valence-corrected chi connectivity index (χ4v) is 6.15. The molecule has 1 aromatic heterocycles. The average Bonchev–Trinajstić information content (AvgIpc) is 3.24. The molecule has 236 valence electrons. The van der Waals surface area contributed by atoms with Gasteiger partial charge >= 0.3 is 0 Å². The van der Waals surface area contributed by atoms with Crippen molar-refractivity contribution in [3.63, 3.8) is 0 Å². The number of carbonyl (C=O) groups is 2. The molecule has 3 N–H and O–H groups in total. The van der Waals surface area contributed by atoms with E-state index in [1.165, 1.54) is 6.92 Å². The maximum atomic E-state index is 13.9. The molecule has 10 heteroatoms. The Morgan fingerprint density at radius 2 is 1.71 bits per heavy atom. The third-order valence-electron chi connectivity index (χ3n) is 8.36. The highest BCUT2D eigenvalue weighted by Gasteiger charge is 2.30. The number of ether oxygens (including phenoxy) is 3. The van der Waals surface area contributed by atoms with Crippen molar-refractivity contribution in [3.05, 3.63) is 76.1 Å². The Morgan fingerprint density at radius 3 is 2.38 bits per heavy atom. The van der Waals surface area contributed by atoms with Crippen molar-refractivity contribution in [2.24, 2.45) is 13.0 Å². The van der Waals surface area contributed by atoms with Gasteiger partial charge in [-0.15, -0.1) is 0 Å². The molecule has 0 bridgehead atoms. The molecule has 0 unspecified atom stereocenters. The minimum absolute atomic E-state index is 0.146. The zero-order valence-electron chi connectivity index (χ0n) is 26.7. The van der Waals surface area contributed by atoms with Crippen LogP contribution >= 0.6 is 0 Å². The second-order valence-corrected chi connectivity index (χ2v) is 11.6. The van der Waals surface area contributed by atoms with Crippen molar-refractivity contribution >= 4 is 34.1 Å². The van der Waals surface area contributed by atoms with Crippen LogP contribution in [0.1, 0.15) is 44.4 Å². The summed E-state index contributed by atoms with van der Waals surface area (Å²) in [6.07, 6.45) is 3.09. The second kappa shape index (κ2) is 12.9. The number of aromatic nitrogens is 1. The van der Waals surface area contributed by atoms with Crippen molar-refractivity contribution in [2.45, 2.75) is 45.7 Å². The van der Waals surface area contributed by atoms with Gasteiger partial charge in [0.2, 0.25) is 23.0 Å². The molecule has 0 radical (unpaired) electrons. The first-order valence-electron chi connectivity index (χ1n) is 15.0. The lowest BCUT2D eigenvalue weighted by atomic mass is 9.95. The molecule has 1 aliphatic rings. The first kappa shape index (κ1) is 31.4. The maximum absolute atomic E-state index is 13.9. The molecule has 0 spiro atoms. The van der Waals surface area contributed by atoms with Gasteiger partial charge in [-0.1, -0.05) is 26.0 Å². The molecule has 45 heavy (non-hydrogen) atoms. The Balaban J connectivity index is 1.60. The highest BCUT2D eigenvalue weighted by atomic mass is 16.5. The molecule has 10 nitrogen and oxygen atoms in total. The minimum atomic E-state index is -0.712. The number of carbonyl (C=O) groups excluding carboxylic acids is 2. The van der Waals surface area contributed by atoms with Crippen LogP contribution in [0.4, 0.5) is 11.4 Å². The maximum Gasteiger partial charge on any atom is 0.247 e. The van der Waals surface area contributed by atoms with Crippen LogP contribution in [0.15, 0.2) is 59.5 Å². The number of fused-ring (bicyclic) bond motifs is 4. The Morgan fingerprint density at radius 1 is 0.956 bits per heavy atom. The minimum Gasteiger partial charge on any atom is -0.493 e. The van der Waals surface area contributed by atoms with Crippen molar-refractivity contribution in [2.75, 3.05) is 32.0 Å². The van der Waals surface area contributed by atoms with E-state index in [1.807, 2.05) is 68.1 Å². The first-order chi connectivity index (χ1) is 21.6. The van der Waals surface area contributed by atoms with E-state index in [9.17, 15) is 14.4 Å². The fraction of sp³-hybridized carbons (Fsp3) is 0.343. The van der Waals surface area contributed by atoms with Crippen LogP contribution in [0.3, 0.4) is 0 Å². The summed E-state index contributed by atoms with van der Waals surface area (Å²) >= 11 is 0. The molecule has 1 aliphatic carbocycles. The van der Waals surface area contributed by atoms with Crippen molar-refractivity contribution in [1.29, 1.82) is 0 Å². The molecule has 0 fully saturated rings. The predicted molar refractivity (Wildman–Crippen MR) is 176 cm³/mol. The zero-order valence-corrected chi connectivity index (χ0v) is 26.7. The van der Waals surface area contributed by atoms with Gasteiger partial charge in [-0.2, -0.15) is 0 Å². The van der Waals surface area contributed by atoms with Crippen LogP contribution in [0.2, 0.25) is 0 Å². The molecule has 0 saturated carbocycles. The largest absolute Gasteiger partial charge is 0.493 e. The van der Waals surface area contributed by atoms with Gasteiger partial charge in [-0.05, 0) is 71.8 Å². The number of nitrogens with zero attached hydrogens (tertiary/aromatic N) is 1. The van der Waals surface area contributed by atoms with Crippen LogP contribution in [0.25, 0.3) is 22.0 Å². The first-order valence-corrected chi connectivity index (χ1v) is 15.0. The average molecular weight is 613 g/mol. The lowest BCUT2D eigenvalue weighted by molar-refractivity contribution is -0.120. The van der Waals surface area contributed by atoms with Crippen LogP contribution < -0.4 is 35.6 Å². The van der Waals surface area contributed by atoms with E-state index in [1.54, 1.807) is 33.5 Å². The number of rotatable bonds is 9. The molecule has 1 heterocycles. The molecule has 2 amide bonds. The number of amides is 2. The summed E-state index contributed by atoms with van der Waals surface area (Å²) in [6.45, 7) is 5.31. The van der Waals surface area contributed by atoms with Crippen LogP contribution in [-0.2, 0) is 23.1 Å². The summed E-state index contributed by atoms with van der Waals surface area (Å²) in [4.78, 5) is 39.8. The van der Waals surface area contributed by atoms with E-state index in [-0.39, 0.29) is 28.8 Å². The smallest absolute Gasteiger partial charge is 0.247 e. The lowest BCUT2D eigenvalue weighted by Gasteiger charge is -2.22. The summed E-state index contributed by atoms with van der Waals surface area (Å²) in [7, 11) is 6.63. The quantitative estimate of drug-likeness (QED) is 0.231. The number of methoxy groups -OCH3 is 3. The molecule has 3 aromatic carbocycles. The van der Waals surface area contributed by atoms with Crippen molar-refractivity contribution in [3.8, 4) is 28.4 Å². The normalized spacial score (nSPS) is 14.5. The van der Waals surface area contributed by atoms with Gasteiger partial charge in [0.1, 0.15) is 6.04 Å². The third-order valence-corrected chi connectivity index (χ3v) is 8.36. The lowest BCUT2D eigenvalue weighted by Crippen LogP contribution is -2.40. The van der Waals surface area contributed by atoms with Gasteiger partial charge < -0.3 is 34.7 Å². The topological polar surface area (TPSA) is 120 Å². The van der Waals surface area contributed by atoms with E-state index in [4.69, 9.17) is 14.2 Å². The van der Waals surface area contributed by atoms with Crippen molar-refractivity contribution in [1.82, 2.24) is 9.88 Å². The number of nitrogens with one attached hydrogen (secondary N) is 3. The van der Waals surface area contributed by atoms with Gasteiger partial charge in [-0.3, -0.25) is 14.4 Å². The Bertz CT molecular complexity index is 1830. The van der Waals surface area contributed by atoms with E-state index in [0.717, 1.165) is 22.0 Å². The molecule has 0 aliphatic heterocycles. The number of benzene rings is 2. The standard InChI is InChI=1S/C35H40N4O6/c1-19(2)32(35(42)38-25-9-8-10-28-23(25)15-16-39(28)4)37-27-14-12-22-24(18-29(27)41)26(36-20(3)40)13-11-21-17-30(43-5)33(44-6)34(45-7)31(21)22/h8-10,12,14-19,26,32H,11,13H2,1-7H3,(H,36,40)(H,37,41)(H,38,42)/t26-,32-/m0/s1. The van der Waals surface area contributed by atoms with Gasteiger partial charge in [0.15, 0.2) is 11.5 Å². The molecule has 2 atom stereocenters. The highest BCUT2D eigenvalue weighted by molar-refractivity contribution is 6.04. The molecular formula is C35H40N4O6. The highest BCUT2D eigenvalue weighted by Crippen LogP contribution is 2.50. The van der Waals surface area contributed by atoms with Gasteiger partial charge in [-0.25, -0.2) is 0 Å². The van der Waals surface area contributed by atoms with E-state index >= 15 is 0 Å². The number of hydrogen-bond donors (Lipinski definition) is 3. The van der Waals surface area contributed by atoms with Crippen molar-refractivity contribution < 1.29 is 23.8 Å². The summed E-state index contributed by atoms with van der Waals surface area (Å²) in [6, 6.07) is 13.6. The van der Waals surface area contributed by atoms with Gasteiger partial charge in [0, 0.05) is 36.6 Å². The molecule has 0 saturated heterocycles. The SMILES string of the molecule is COc1cc2c(c(OC)c1OC)-c1ccc(N[C@H](C(=O)Nc3cccc4c3ccn4C)C(C)C)c(=O)cc1[C@@H](NC(C)=O)CC2. The Labute approximate surface area is 262 Å². The van der Waals surface area contributed by atoms with E-state index in [2.05, 4.69) is 16.0 Å². The number of hydrogen-bond acceptors (Lipinski definition) is 7. The van der Waals surface area contributed by atoms with Gasteiger partial charge in [0.05, 0.1) is 38.7 Å². The second-order valence-electron chi connectivity index (χ2n) is 11.6. The monoisotopic (exact) mass is 612 g/mol. The Kier molecular flexibility index (Phi) is 9.04. The number of anilines is 2. The van der Waals surface area contributed by atoms with E-state index in [0.29, 0.717) is 46.9 Å². The van der Waals surface area contributed by atoms with E-state index < -0.39 is 12.1 Å². The molecule has 5 rings (SSSR count). The fourth-order valence-electron chi connectivity index (χ4n) is 6.15. The van der Waals surface area contributed by atoms with Crippen LogP contribution in [0, 0.1) is 5.92 Å².